The number of ether oxygens (including phenoxy) is 1. The molecule has 0 N–H and O–H groups in total. The molecule has 0 spiro atoms. The maximum absolute atomic E-state index is 13.3. The van der Waals surface area contributed by atoms with Crippen LogP contribution in [0.15, 0.2) is 0 Å². The Morgan fingerprint density at radius 1 is 1.33 bits per heavy atom. The van der Waals surface area contributed by atoms with E-state index in [-0.39, 0.29) is 59.0 Å². The predicted octanol–water partition coefficient (Wildman–Crippen LogP) is -2.39. The molecule has 3 aliphatic rings. The van der Waals surface area contributed by atoms with E-state index in [4.69, 9.17) is 4.74 Å². The zero-order valence-electron chi connectivity index (χ0n) is 11.1. The second kappa shape index (κ2) is 6.38. The van der Waals surface area contributed by atoms with Crippen LogP contribution in [-0.4, -0.2) is 23.1 Å². The first kappa shape index (κ1) is 17.6. The maximum atomic E-state index is 13.3. The van der Waals surface area contributed by atoms with Crippen LogP contribution >= 0.6 is 12.0 Å². The first-order valence-corrected chi connectivity index (χ1v) is 6.94. The standard InChI is InChI=1S/C11H12F2O6S.Na/c12-11(13,20-19-18-16)10(15)17-9-4-1-5-6(2-4)8(14)3-7(5)9;/h4-7,9,16H,1-3H2;/q;+1/p-1. The van der Waals surface area contributed by atoms with E-state index >= 15 is 0 Å². The number of alkyl halides is 2. The Morgan fingerprint density at radius 2 is 2.05 bits per heavy atom. The normalized spacial score (nSPS) is 36.7. The molecule has 0 saturated heterocycles. The number of Topliss-reactive ketones (excluding diaryl/α,β-unsaturated/α-hetero) is 1. The monoisotopic (exact) mass is 332 g/mol. The number of hydrogen-bond acceptors (Lipinski definition) is 7. The Balaban J connectivity index is 0.00000161. The summed E-state index contributed by atoms with van der Waals surface area (Å²) in [4.78, 5) is 23.1. The van der Waals surface area contributed by atoms with Gasteiger partial charge in [-0.1, -0.05) is 0 Å². The summed E-state index contributed by atoms with van der Waals surface area (Å²) in [5, 5.41) is 8.29. The number of carbonyl (C=O) groups is 2. The number of esters is 1. The van der Waals surface area contributed by atoms with Crippen LogP contribution in [0.1, 0.15) is 19.3 Å². The van der Waals surface area contributed by atoms with Crippen LogP contribution in [0, 0.1) is 23.7 Å². The van der Waals surface area contributed by atoms with E-state index in [1.54, 1.807) is 0 Å². The third kappa shape index (κ3) is 3.01. The Labute approximate surface area is 145 Å². The molecule has 3 fully saturated rings. The van der Waals surface area contributed by atoms with Crippen LogP contribution in [0.25, 0.3) is 0 Å². The molecule has 5 unspecified atom stereocenters. The average molecular weight is 332 g/mol. The fourth-order valence-electron chi connectivity index (χ4n) is 3.93. The summed E-state index contributed by atoms with van der Waals surface area (Å²) in [6.07, 6.45) is 1.01. The van der Waals surface area contributed by atoms with E-state index in [9.17, 15) is 23.6 Å². The molecule has 10 heteroatoms. The van der Waals surface area contributed by atoms with Crippen molar-refractivity contribution in [3.05, 3.63) is 0 Å². The van der Waals surface area contributed by atoms with Gasteiger partial charge in [-0.05, 0) is 24.7 Å². The molecule has 21 heavy (non-hydrogen) atoms. The first-order chi connectivity index (χ1) is 9.44. The van der Waals surface area contributed by atoms with E-state index in [1.165, 1.54) is 0 Å². The molecule has 0 amide bonds. The Morgan fingerprint density at radius 3 is 2.71 bits per heavy atom. The molecule has 0 aromatic rings. The van der Waals surface area contributed by atoms with Crippen molar-refractivity contribution < 1.29 is 67.3 Å². The minimum Gasteiger partial charge on any atom is -0.691 e. The van der Waals surface area contributed by atoms with Gasteiger partial charge in [0.05, 0.1) is 0 Å². The minimum absolute atomic E-state index is 0. The van der Waals surface area contributed by atoms with Crippen molar-refractivity contribution in [2.24, 2.45) is 23.7 Å². The number of carbonyl (C=O) groups excluding carboxylic acids is 2. The second-order valence-corrected chi connectivity index (χ2v) is 6.26. The molecule has 0 radical (unpaired) electrons. The number of rotatable bonds is 5. The van der Waals surface area contributed by atoms with Crippen LogP contribution in [0.2, 0.25) is 0 Å². The van der Waals surface area contributed by atoms with Gasteiger partial charge in [0.25, 0.3) is 0 Å². The van der Waals surface area contributed by atoms with Crippen LogP contribution in [0.3, 0.4) is 0 Å². The average Bonchev–Trinajstić information content (AvgIpc) is 3.00. The summed E-state index contributed by atoms with van der Waals surface area (Å²) in [6.45, 7) is 0. The van der Waals surface area contributed by atoms with Gasteiger partial charge in [0.2, 0.25) is 0 Å². The molecule has 5 atom stereocenters. The zero-order chi connectivity index (χ0) is 14.5. The summed E-state index contributed by atoms with van der Waals surface area (Å²) in [5.41, 5.74) is 0. The van der Waals surface area contributed by atoms with Crippen LogP contribution in [-0.2, 0) is 23.7 Å². The van der Waals surface area contributed by atoms with E-state index in [0.717, 1.165) is 6.42 Å². The van der Waals surface area contributed by atoms with Gasteiger partial charge < -0.3 is 9.99 Å². The summed E-state index contributed by atoms with van der Waals surface area (Å²) in [5.74, 6) is -1.62. The van der Waals surface area contributed by atoms with E-state index < -0.39 is 29.4 Å². The molecule has 0 aromatic carbocycles. The molecule has 0 aromatic heterocycles. The Bertz CT molecular complexity index is 450. The molecule has 0 aliphatic heterocycles. The first-order valence-electron chi connectivity index (χ1n) is 6.20. The molecular weight excluding hydrogens is 321 g/mol. The molecule has 3 rings (SSSR count). The van der Waals surface area contributed by atoms with Gasteiger partial charge in [0.15, 0.2) is 0 Å². The summed E-state index contributed by atoms with van der Waals surface area (Å²) < 4.78 is 35.0. The molecule has 2 bridgehead atoms. The van der Waals surface area contributed by atoms with Crippen molar-refractivity contribution in [2.75, 3.05) is 0 Å². The van der Waals surface area contributed by atoms with Gasteiger partial charge >= 0.3 is 40.8 Å². The molecule has 6 nitrogen and oxygen atoms in total. The van der Waals surface area contributed by atoms with E-state index in [0.29, 0.717) is 12.8 Å². The quantitative estimate of drug-likeness (QED) is 0.183. The minimum atomic E-state index is -4.02. The van der Waals surface area contributed by atoms with Crippen molar-refractivity contribution in [1.29, 1.82) is 0 Å². The van der Waals surface area contributed by atoms with Crippen molar-refractivity contribution in [2.45, 2.75) is 30.6 Å². The predicted molar refractivity (Wildman–Crippen MR) is 57.4 cm³/mol. The van der Waals surface area contributed by atoms with Crippen LogP contribution in [0.4, 0.5) is 8.78 Å². The molecular formula is C11H11F2NaO6S. The fourth-order valence-corrected chi connectivity index (χ4v) is 4.16. The summed E-state index contributed by atoms with van der Waals surface area (Å²) in [6, 6.07) is 0. The SMILES string of the molecule is O=C1CC2C3CC(CC13)C2OC(=O)C(F)(F)SOO[O-].[Na+]. The van der Waals surface area contributed by atoms with Gasteiger partial charge in [0, 0.05) is 18.3 Å². The fraction of sp³-hybridized carbons (Fsp3) is 0.818. The topological polar surface area (TPSA) is 84.9 Å². The smallest absolute Gasteiger partial charge is 0.691 e. The Hall–Kier alpha value is 0.230. The van der Waals surface area contributed by atoms with Crippen molar-refractivity contribution in [1.82, 2.24) is 0 Å². The Kier molecular flexibility index (Phi) is 5.35. The maximum Gasteiger partial charge on any atom is 1.00 e. The number of halogens is 2. The number of ketones is 1. The van der Waals surface area contributed by atoms with Crippen LogP contribution < -0.4 is 34.8 Å². The van der Waals surface area contributed by atoms with Gasteiger partial charge in [0.1, 0.15) is 23.9 Å². The largest absolute Gasteiger partial charge is 1.00 e. The molecule has 0 heterocycles. The van der Waals surface area contributed by atoms with Gasteiger partial charge in [-0.15, -0.1) is 0 Å². The van der Waals surface area contributed by atoms with E-state index in [1.807, 2.05) is 0 Å². The van der Waals surface area contributed by atoms with Gasteiger partial charge in [-0.25, -0.2) is 4.79 Å². The third-order valence-electron chi connectivity index (χ3n) is 4.58. The molecule has 3 aliphatic carbocycles. The molecule has 3 saturated carbocycles. The molecule has 112 valence electrons. The summed E-state index contributed by atoms with van der Waals surface area (Å²) in [7, 11) is 0. The number of fused-ring (bicyclic) bond motifs is 1. The van der Waals surface area contributed by atoms with Crippen molar-refractivity contribution in [3.63, 3.8) is 0 Å². The van der Waals surface area contributed by atoms with Gasteiger partial charge in [-0.3, -0.25) is 9.83 Å². The van der Waals surface area contributed by atoms with Gasteiger partial charge in [-0.2, -0.15) is 13.1 Å². The van der Waals surface area contributed by atoms with Crippen LogP contribution in [0.5, 0.6) is 0 Å². The van der Waals surface area contributed by atoms with E-state index in [2.05, 4.69) is 9.37 Å². The number of hydrogen-bond donors (Lipinski definition) is 0. The zero-order valence-corrected chi connectivity index (χ0v) is 13.9. The van der Waals surface area contributed by atoms with Crippen molar-refractivity contribution >= 4 is 23.8 Å². The third-order valence-corrected chi connectivity index (χ3v) is 5.08. The second-order valence-electron chi connectivity index (χ2n) is 5.44. The summed E-state index contributed by atoms with van der Waals surface area (Å²) >= 11 is -0.700. The van der Waals surface area contributed by atoms with Crippen molar-refractivity contribution in [3.8, 4) is 0 Å².